The molecule has 0 aliphatic carbocycles. The van der Waals surface area contributed by atoms with Crippen LogP contribution in [0.3, 0.4) is 0 Å². The van der Waals surface area contributed by atoms with Crippen LogP contribution in [-0.2, 0) is 0 Å². The third-order valence-electron chi connectivity index (χ3n) is 4.12. The minimum Gasteiger partial charge on any atom is -0.409 e. The van der Waals surface area contributed by atoms with Crippen LogP contribution in [0.15, 0.2) is 46.9 Å². The average molecular weight is 420 g/mol. The largest absolute Gasteiger partial charge is 0.409 e. The van der Waals surface area contributed by atoms with Crippen LogP contribution in [0.5, 0.6) is 0 Å². The Kier molecular flexibility index (Phi) is 5.98. The molecule has 0 aliphatic heterocycles. The van der Waals surface area contributed by atoms with Crippen molar-refractivity contribution >= 4 is 41.2 Å². The molecule has 0 aliphatic rings. The molecule has 10 heteroatoms. The van der Waals surface area contributed by atoms with Crippen molar-refractivity contribution < 1.29 is 14.4 Å². The predicted molar refractivity (Wildman–Crippen MR) is 108 cm³/mol. The molecule has 0 radical (unpaired) electrons. The Morgan fingerprint density at radius 1 is 1.32 bits per heavy atom. The maximum atomic E-state index is 11.6. The Morgan fingerprint density at radius 2 is 2.04 bits per heavy atom. The molecule has 8 nitrogen and oxygen atoms in total. The zero-order valence-corrected chi connectivity index (χ0v) is 16.6. The van der Waals surface area contributed by atoms with Crippen LogP contribution in [0.1, 0.15) is 18.5 Å². The Morgan fingerprint density at radius 3 is 2.64 bits per heavy atom. The number of nitrogens with zero attached hydrogens (tertiary/aromatic N) is 2. The highest BCUT2D eigenvalue weighted by atomic mass is 35.5. The molecular formula is C18H18ClN5O3S. The van der Waals surface area contributed by atoms with E-state index in [-0.39, 0.29) is 4.84 Å². The van der Waals surface area contributed by atoms with Gasteiger partial charge in [-0.15, -0.1) is 5.10 Å². The van der Waals surface area contributed by atoms with Crippen LogP contribution in [0, 0.1) is 4.84 Å². The van der Waals surface area contributed by atoms with Gasteiger partial charge in [-0.1, -0.05) is 23.7 Å². The quantitative estimate of drug-likeness (QED) is 0.266. The third kappa shape index (κ3) is 4.16. The molecule has 28 heavy (non-hydrogen) atoms. The molecule has 146 valence electrons. The number of nitrogens with one attached hydrogen (secondary N) is 3. The summed E-state index contributed by atoms with van der Waals surface area (Å²) in [5.41, 5.74) is 2.80. The fourth-order valence-electron chi connectivity index (χ4n) is 2.60. The van der Waals surface area contributed by atoms with Gasteiger partial charge in [-0.2, -0.15) is 5.06 Å². The van der Waals surface area contributed by atoms with E-state index in [0.29, 0.717) is 27.2 Å². The monoisotopic (exact) mass is 419 g/mol. The summed E-state index contributed by atoms with van der Waals surface area (Å²) in [5, 5.41) is 23.2. The zero-order chi connectivity index (χ0) is 20.3. The van der Waals surface area contributed by atoms with Crippen molar-refractivity contribution in [3.63, 3.8) is 0 Å². The Bertz CT molecular complexity index is 1030. The average Bonchev–Trinajstić information content (AvgIpc) is 3.14. The Balaban J connectivity index is 1.81. The summed E-state index contributed by atoms with van der Waals surface area (Å²) in [5.74, 6) is 0.405. The second-order valence-electron chi connectivity index (χ2n) is 5.91. The molecule has 1 heterocycles. The van der Waals surface area contributed by atoms with Gasteiger partial charge in [-0.25, -0.2) is 9.89 Å². The van der Waals surface area contributed by atoms with Crippen molar-refractivity contribution in [1.82, 2.24) is 20.6 Å². The van der Waals surface area contributed by atoms with Crippen LogP contribution in [0.25, 0.3) is 11.5 Å². The van der Waals surface area contributed by atoms with Crippen LogP contribution in [0.2, 0.25) is 5.02 Å². The molecule has 2 amide bonds. The number of aromatic amines is 1. The fraction of sp³-hybridized carbons (Fsp3) is 0.167. The number of carbonyl (C=O) groups excluding carboxylic acids is 1. The van der Waals surface area contributed by atoms with Gasteiger partial charge in [-0.3, -0.25) is 5.21 Å². The number of halogens is 1. The van der Waals surface area contributed by atoms with E-state index in [9.17, 15) is 10.0 Å². The molecule has 0 fully saturated rings. The lowest BCUT2D eigenvalue weighted by Gasteiger charge is -2.24. The van der Waals surface area contributed by atoms with Crippen molar-refractivity contribution in [2.45, 2.75) is 13.0 Å². The van der Waals surface area contributed by atoms with Crippen molar-refractivity contribution in [3.8, 4) is 11.5 Å². The lowest BCUT2D eigenvalue weighted by molar-refractivity contribution is -0.0737. The van der Waals surface area contributed by atoms with Gasteiger partial charge >= 0.3 is 6.03 Å². The molecular weight excluding hydrogens is 402 g/mol. The van der Waals surface area contributed by atoms with E-state index in [0.717, 1.165) is 11.3 Å². The Hall–Kier alpha value is -2.88. The van der Waals surface area contributed by atoms with Gasteiger partial charge in [0.05, 0.1) is 16.8 Å². The number of benzene rings is 2. The highest BCUT2D eigenvalue weighted by molar-refractivity contribution is 7.71. The van der Waals surface area contributed by atoms with Gasteiger partial charge in [0.25, 0.3) is 4.84 Å². The first kappa shape index (κ1) is 19.9. The fourth-order valence-corrected chi connectivity index (χ4v) is 3.05. The lowest BCUT2D eigenvalue weighted by atomic mass is 10.1. The van der Waals surface area contributed by atoms with Crippen LogP contribution < -0.4 is 10.6 Å². The molecule has 4 N–H and O–H groups in total. The number of hydroxylamine groups is 2. The summed E-state index contributed by atoms with van der Waals surface area (Å²) in [7, 11) is 1.44. The van der Waals surface area contributed by atoms with E-state index >= 15 is 0 Å². The smallest absolute Gasteiger partial charge is 0.341 e. The standard InChI is InChI=1S/C18H18ClN5O3S/c1-10(24(26)17(25)20-2)13-4-3-5-14(15(13)19)21-12-8-6-11(7-9-12)16-22-23-18(28)27-16/h3-10,21,26H,1-2H3,(H,20,25)(H,23,28). The first-order valence-electron chi connectivity index (χ1n) is 8.32. The Labute approximate surface area is 171 Å². The predicted octanol–water partition coefficient (Wildman–Crippen LogP) is 4.89. The normalized spacial score (nSPS) is 11.7. The summed E-state index contributed by atoms with van der Waals surface area (Å²) in [6.07, 6.45) is 0. The molecule has 0 saturated heterocycles. The van der Waals surface area contributed by atoms with E-state index in [1.807, 2.05) is 24.3 Å². The maximum Gasteiger partial charge on any atom is 0.341 e. The van der Waals surface area contributed by atoms with Crippen molar-refractivity contribution in [1.29, 1.82) is 0 Å². The van der Waals surface area contributed by atoms with Crippen molar-refractivity contribution in [2.24, 2.45) is 0 Å². The number of aromatic nitrogens is 2. The molecule has 0 saturated carbocycles. The van der Waals surface area contributed by atoms with Gasteiger partial charge in [-0.05, 0) is 55.0 Å². The minimum atomic E-state index is -0.634. The first-order valence-corrected chi connectivity index (χ1v) is 9.10. The number of hydrogen-bond donors (Lipinski definition) is 4. The maximum absolute atomic E-state index is 11.6. The second-order valence-corrected chi connectivity index (χ2v) is 6.65. The molecule has 1 aromatic heterocycles. The summed E-state index contributed by atoms with van der Waals surface area (Å²) >= 11 is 11.4. The summed E-state index contributed by atoms with van der Waals surface area (Å²) in [6.45, 7) is 1.68. The first-order chi connectivity index (χ1) is 13.4. The van der Waals surface area contributed by atoms with Gasteiger partial charge in [0.2, 0.25) is 5.89 Å². The number of amides is 2. The lowest BCUT2D eigenvalue weighted by Crippen LogP contribution is -2.37. The molecule has 0 bridgehead atoms. The van der Waals surface area contributed by atoms with Crippen molar-refractivity contribution in [2.75, 3.05) is 12.4 Å². The number of rotatable bonds is 5. The van der Waals surface area contributed by atoms with Crippen molar-refractivity contribution in [3.05, 3.63) is 57.9 Å². The molecule has 3 aromatic rings. The third-order valence-corrected chi connectivity index (χ3v) is 4.71. The van der Waals surface area contributed by atoms with E-state index in [2.05, 4.69) is 20.8 Å². The number of hydrogen-bond acceptors (Lipinski definition) is 6. The van der Waals surface area contributed by atoms with Gasteiger partial charge < -0.3 is 15.1 Å². The molecule has 2 aromatic carbocycles. The molecule has 1 unspecified atom stereocenters. The highest BCUT2D eigenvalue weighted by Crippen LogP contribution is 2.34. The van der Waals surface area contributed by atoms with Gasteiger partial charge in [0.1, 0.15) is 0 Å². The SMILES string of the molecule is CNC(=O)N(O)C(C)c1cccc(Nc2ccc(-c3n[nH]c(=S)o3)cc2)c1Cl. The summed E-state index contributed by atoms with van der Waals surface area (Å²) in [4.78, 5) is 11.9. The van der Waals surface area contributed by atoms with E-state index < -0.39 is 12.1 Å². The zero-order valence-electron chi connectivity index (χ0n) is 15.1. The van der Waals surface area contributed by atoms with Gasteiger partial charge in [0, 0.05) is 18.3 Å². The minimum absolute atomic E-state index is 0.213. The van der Waals surface area contributed by atoms with Crippen LogP contribution in [-0.4, -0.2) is 33.5 Å². The number of anilines is 2. The highest BCUT2D eigenvalue weighted by Gasteiger charge is 2.22. The topological polar surface area (TPSA) is 106 Å². The summed E-state index contributed by atoms with van der Waals surface area (Å²) < 4.78 is 5.29. The number of H-pyrrole nitrogens is 1. The van der Waals surface area contributed by atoms with E-state index in [1.54, 1.807) is 25.1 Å². The molecule has 1 atom stereocenters. The second kappa shape index (κ2) is 8.42. The van der Waals surface area contributed by atoms with E-state index in [1.165, 1.54) is 7.05 Å². The molecule has 3 rings (SSSR count). The molecule has 0 spiro atoms. The van der Waals surface area contributed by atoms with Crippen LogP contribution in [0.4, 0.5) is 16.2 Å². The van der Waals surface area contributed by atoms with Gasteiger partial charge in [0.15, 0.2) is 0 Å². The van der Waals surface area contributed by atoms with E-state index in [4.69, 9.17) is 28.2 Å². The van der Waals surface area contributed by atoms with Crippen LogP contribution >= 0.6 is 23.8 Å². The number of urea groups is 1. The summed E-state index contributed by atoms with van der Waals surface area (Å²) in [6, 6.07) is 11.4. The number of carbonyl (C=O) groups is 1.